The second-order valence-electron chi connectivity index (χ2n) is 15.5. The fourth-order valence-electron chi connectivity index (χ4n) is 5.56. The van der Waals surface area contributed by atoms with Crippen molar-refractivity contribution in [1.29, 1.82) is 0 Å². The van der Waals surface area contributed by atoms with Crippen LogP contribution in [0.25, 0.3) is 22.2 Å². The number of para-hydroxylation sites is 1. The minimum Gasteiger partial charge on any atom is -0.464 e. The first kappa shape index (κ1) is 43.9. The molecule has 1 N–H and O–H groups in total. The van der Waals surface area contributed by atoms with Crippen LogP contribution in [0, 0.1) is 9.52 Å². The van der Waals surface area contributed by atoms with Crippen LogP contribution in [0.15, 0.2) is 42.5 Å². The number of halogens is 5. The summed E-state index contributed by atoms with van der Waals surface area (Å²) < 4.78 is 104. The van der Waals surface area contributed by atoms with Gasteiger partial charge in [0, 0.05) is 48.0 Å². The Morgan fingerprint density at radius 2 is 1.61 bits per heavy atom. The van der Waals surface area contributed by atoms with E-state index >= 15 is 4.39 Å². The molecule has 298 valence electrons. The van der Waals surface area contributed by atoms with E-state index in [0.29, 0.717) is 39.1 Å². The fourth-order valence-corrected chi connectivity index (χ4v) is 8.87. The highest BCUT2D eigenvalue weighted by Gasteiger charge is 2.31. The quantitative estimate of drug-likeness (QED) is 0.0326. The van der Waals surface area contributed by atoms with E-state index in [2.05, 4.69) is 72.3 Å². The molecule has 0 bridgehead atoms. The van der Waals surface area contributed by atoms with Crippen molar-refractivity contribution in [2.75, 3.05) is 42.4 Å². The number of rotatable bonds is 19. The Kier molecular flexibility index (Phi) is 14.6. The lowest BCUT2D eigenvalue weighted by Crippen LogP contribution is -2.30. The molecule has 2 aromatic carbocycles. The Balaban J connectivity index is 1.81. The zero-order chi connectivity index (χ0) is 40.1. The number of ether oxygens (including phenoxy) is 3. The first-order valence-corrected chi connectivity index (χ1v) is 27.9. The van der Waals surface area contributed by atoms with Crippen LogP contribution in [-0.4, -0.2) is 78.3 Å². The number of nitrogens with zero attached hydrogens (tertiary/aromatic N) is 4. The van der Waals surface area contributed by atoms with Gasteiger partial charge in [0.05, 0.1) is 35.0 Å². The third kappa shape index (κ3) is 12.6. The van der Waals surface area contributed by atoms with Gasteiger partial charge in [-0.25, -0.2) is 22.5 Å². The highest BCUT2D eigenvalue weighted by molar-refractivity contribution is 14.1. The number of aromatic nitrogens is 3. The van der Waals surface area contributed by atoms with Crippen LogP contribution in [0.4, 0.5) is 29.1 Å². The standard InChI is InChI=1S/C36H50F4IN5O5SSi2/c1-9-46(52(2,47)48)30-13-11-10-12-25(30)22-42-35-33-31(45(44-34(33)41)23-49-14-16-53(3,4)5)20-29(43-35)27-19-28(37)32(18-26(27)21-36(38,39)40)51-24-50-15-17-54(6,7)8/h10-13,18-20H,9,14-17,21-24H2,1-8H3,(H,42,43). The number of alkyl halides is 3. The maximum absolute atomic E-state index is 15.7. The Morgan fingerprint density at radius 1 is 0.963 bits per heavy atom. The molecule has 10 nitrogen and oxygen atoms in total. The van der Waals surface area contributed by atoms with Gasteiger partial charge >= 0.3 is 6.18 Å². The van der Waals surface area contributed by atoms with Gasteiger partial charge in [0.1, 0.15) is 16.2 Å². The van der Waals surface area contributed by atoms with Crippen molar-refractivity contribution in [3.63, 3.8) is 0 Å². The average molecular weight is 924 g/mol. The Morgan fingerprint density at radius 3 is 2.22 bits per heavy atom. The Bertz CT molecular complexity index is 2020. The third-order valence-corrected chi connectivity index (χ3v) is 13.8. The summed E-state index contributed by atoms with van der Waals surface area (Å²) in [6, 6.07) is 12.4. The summed E-state index contributed by atoms with van der Waals surface area (Å²) in [5, 5.41) is 8.55. The van der Waals surface area contributed by atoms with Crippen molar-refractivity contribution in [1.82, 2.24) is 14.8 Å². The largest absolute Gasteiger partial charge is 0.464 e. The normalized spacial score (nSPS) is 12.8. The molecule has 0 spiro atoms. The first-order valence-electron chi connectivity index (χ1n) is 17.6. The molecule has 2 aromatic heterocycles. The molecule has 4 rings (SSSR count). The van der Waals surface area contributed by atoms with Gasteiger partial charge < -0.3 is 19.5 Å². The topological polar surface area (TPSA) is 108 Å². The van der Waals surface area contributed by atoms with Crippen LogP contribution in [-0.2, 0) is 39.2 Å². The molecule has 2 heterocycles. The van der Waals surface area contributed by atoms with Crippen LogP contribution in [0.5, 0.6) is 5.75 Å². The van der Waals surface area contributed by atoms with Gasteiger partial charge in [0.25, 0.3) is 0 Å². The number of benzene rings is 2. The van der Waals surface area contributed by atoms with E-state index in [0.717, 1.165) is 30.5 Å². The average Bonchev–Trinajstić information content (AvgIpc) is 3.36. The van der Waals surface area contributed by atoms with E-state index < -0.39 is 44.6 Å². The maximum atomic E-state index is 15.7. The van der Waals surface area contributed by atoms with Gasteiger partial charge in [-0.1, -0.05) is 57.5 Å². The summed E-state index contributed by atoms with van der Waals surface area (Å²) >= 11 is 2.07. The highest BCUT2D eigenvalue weighted by Crippen LogP contribution is 2.38. The van der Waals surface area contributed by atoms with E-state index in [9.17, 15) is 21.6 Å². The van der Waals surface area contributed by atoms with Gasteiger partial charge in [-0.05, 0) is 77.0 Å². The van der Waals surface area contributed by atoms with Crippen molar-refractivity contribution in [2.45, 2.75) is 84.2 Å². The fraction of sp³-hybridized carbons (Fsp3) is 0.500. The lowest BCUT2D eigenvalue weighted by Gasteiger charge is -2.23. The van der Waals surface area contributed by atoms with Crippen LogP contribution in [0.2, 0.25) is 51.4 Å². The molecule has 4 aromatic rings. The van der Waals surface area contributed by atoms with Gasteiger partial charge in [0.2, 0.25) is 10.0 Å². The van der Waals surface area contributed by atoms with Crippen molar-refractivity contribution in [3.05, 3.63) is 63.1 Å². The number of sulfonamides is 1. The van der Waals surface area contributed by atoms with E-state index in [-0.39, 0.29) is 55.0 Å². The minimum atomic E-state index is -4.63. The maximum Gasteiger partial charge on any atom is 0.393 e. The monoisotopic (exact) mass is 923 g/mol. The molecule has 0 aliphatic heterocycles. The second kappa shape index (κ2) is 18.0. The Labute approximate surface area is 331 Å². The van der Waals surface area contributed by atoms with Crippen molar-refractivity contribution >= 4 is 71.2 Å². The van der Waals surface area contributed by atoms with E-state index in [1.165, 1.54) is 4.31 Å². The Hall–Kier alpha value is -2.79. The van der Waals surface area contributed by atoms with Gasteiger partial charge in [-0.2, -0.15) is 18.3 Å². The molecule has 0 saturated carbocycles. The summed E-state index contributed by atoms with van der Waals surface area (Å²) in [7, 11) is -6.39. The predicted molar refractivity (Wildman–Crippen MR) is 221 cm³/mol. The molecule has 0 radical (unpaired) electrons. The zero-order valence-corrected chi connectivity index (χ0v) is 37.0. The van der Waals surface area contributed by atoms with Crippen molar-refractivity contribution < 1.29 is 40.2 Å². The number of pyridine rings is 1. The van der Waals surface area contributed by atoms with Gasteiger partial charge in [0.15, 0.2) is 18.4 Å². The van der Waals surface area contributed by atoms with Crippen LogP contribution in [0.1, 0.15) is 18.1 Å². The number of hydrogen-bond acceptors (Lipinski definition) is 8. The van der Waals surface area contributed by atoms with Crippen molar-refractivity contribution in [3.8, 4) is 17.0 Å². The number of hydrogen-bond donors (Lipinski definition) is 1. The zero-order valence-electron chi connectivity index (χ0n) is 32.0. The smallest absolute Gasteiger partial charge is 0.393 e. The SMILES string of the molecule is CCN(c1ccccc1CNc1nc(-c2cc(F)c(OCOCC[Si](C)(C)C)cc2CC(F)(F)F)cc2c1c(I)nn2COCC[Si](C)(C)C)S(C)(=O)=O. The van der Waals surface area contributed by atoms with Gasteiger partial charge in [-0.3, -0.25) is 4.31 Å². The molecule has 0 aliphatic carbocycles. The van der Waals surface area contributed by atoms with Crippen LogP contribution >= 0.6 is 22.6 Å². The molecule has 18 heteroatoms. The third-order valence-electron chi connectivity index (χ3n) is 8.41. The molecule has 0 unspecified atom stereocenters. The van der Waals surface area contributed by atoms with E-state index in [1.807, 2.05) is 0 Å². The van der Waals surface area contributed by atoms with Crippen molar-refractivity contribution in [2.24, 2.45) is 0 Å². The molecule has 54 heavy (non-hydrogen) atoms. The van der Waals surface area contributed by atoms with Gasteiger partial charge in [-0.15, -0.1) is 0 Å². The number of nitrogens with one attached hydrogen (secondary N) is 1. The van der Waals surface area contributed by atoms with Crippen LogP contribution < -0.4 is 14.4 Å². The molecule has 0 aliphatic rings. The number of fused-ring (bicyclic) bond motifs is 1. The van der Waals surface area contributed by atoms with Crippen LogP contribution in [0.3, 0.4) is 0 Å². The predicted octanol–water partition coefficient (Wildman–Crippen LogP) is 9.35. The summed E-state index contributed by atoms with van der Waals surface area (Å²) in [6.07, 6.45) is -4.85. The summed E-state index contributed by atoms with van der Waals surface area (Å²) in [4.78, 5) is 4.77. The molecule has 0 amide bonds. The summed E-state index contributed by atoms with van der Waals surface area (Å²) in [5.74, 6) is -0.955. The molecular weight excluding hydrogens is 874 g/mol. The second-order valence-corrected chi connectivity index (χ2v) is 29.7. The first-order chi connectivity index (χ1) is 25.1. The molecule has 0 saturated heterocycles. The molecule has 0 fully saturated rings. The molecule has 0 atom stereocenters. The number of anilines is 2. The highest BCUT2D eigenvalue weighted by atomic mass is 127. The lowest BCUT2D eigenvalue weighted by atomic mass is 9.99. The van der Waals surface area contributed by atoms with E-state index in [1.54, 1.807) is 41.9 Å². The minimum absolute atomic E-state index is 0.0698. The summed E-state index contributed by atoms with van der Waals surface area (Å²) in [6.45, 7) is 16.0. The lowest BCUT2D eigenvalue weighted by molar-refractivity contribution is -0.127. The van der Waals surface area contributed by atoms with E-state index in [4.69, 9.17) is 19.2 Å². The molecular formula is C36H50F4IN5O5SSi2. The summed E-state index contributed by atoms with van der Waals surface area (Å²) in [5.41, 5.74) is 1.38.